The molecule has 3 atom stereocenters. The number of aryl methyl sites for hydroxylation is 2. The van der Waals surface area contributed by atoms with E-state index in [-0.39, 0.29) is 0 Å². The Balaban J connectivity index is 1.41. The van der Waals surface area contributed by atoms with Crippen molar-refractivity contribution in [2.24, 2.45) is 10.4 Å². The van der Waals surface area contributed by atoms with Gasteiger partial charge >= 0.3 is 0 Å². The zero-order valence-corrected chi connectivity index (χ0v) is 17.7. The van der Waals surface area contributed by atoms with Gasteiger partial charge in [-0.1, -0.05) is 19.3 Å². The van der Waals surface area contributed by atoms with Gasteiger partial charge < -0.3 is 15.4 Å². The molecule has 2 fully saturated rings. The summed E-state index contributed by atoms with van der Waals surface area (Å²) in [6.07, 6.45) is 10.1. The lowest BCUT2D eigenvalue weighted by Crippen LogP contribution is -2.67. The van der Waals surface area contributed by atoms with Gasteiger partial charge in [-0.15, -0.1) is 0 Å². The first-order valence-electron chi connectivity index (χ1n) is 11.2. The Bertz CT molecular complexity index is 693. The third-order valence-electron chi connectivity index (χ3n) is 6.87. The Kier molecular flexibility index (Phi) is 5.90. The SMILES string of the molecule is CCN=C(NC1CCc2nc(C)nn2C1)NC1CC(OCC)C12CCCCC2. The van der Waals surface area contributed by atoms with Crippen molar-refractivity contribution in [2.45, 2.75) is 96.9 Å². The van der Waals surface area contributed by atoms with E-state index in [2.05, 4.69) is 39.2 Å². The summed E-state index contributed by atoms with van der Waals surface area (Å²) in [5, 5.41) is 12.0. The molecule has 7 nitrogen and oxygen atoms in total. The van der Waals surface area contributed by atoms with Crippen LogP contribution in [0.1, 0.15) is 70.4 Å². The Labute approximate surface area is 168 Å². The monoisotopic (exact) mass is 388 g/mol. The number of rotatable bonds is 5. The van der Waals surface area contributed by atoms with E-state index in [4.69, 9.17) is 9.73 Å². The van der Waals surface area contributed by atoms with Crippen LogP contribution in [0.4, 0.5) is 0 Å². The maximum absolute atomic E-state index is 6.12. The molecule has 4 rings (SSSR count). The number of hydrogen-bond acceptors (Lipinski definition) is 4. The molecule has 1 spiro atoms. The van der Waals surface area contributed by atoms with Crippen LogP contribution < -0.4 is 10.6 Å². The fraction of sp³-hybridized carbons (Fsp3) is 0.857. The molecule has 1 aromatic rings. The van der Waals surface area contributed by atoms with Crippen LogP contribution in [0.15, 0.2) is 4.99 Å². The first-order valence-corrected chi connectivity index (χ1v) is 11.2. The van der Waals surface area contributed by atoms with Crippen LogP contribution in [0.2, 0.25) is 0 Å². The van der Waals surface area contributed by atoms with E-state index in [1.807, 2.05) is 6.92 Å². The fourth-order valence-electron chi connectivity index (χ4n) is 5.47. The number of guanidine groups is 1. The smallest absolute Gasteiger partial charge is 0.191 e. The highest BCUT2D eigenvalue weighted by Gasteiger charge is 2.55. The maximum Gasteiger partial charge on any atom is 0.191 e. The van der Waals surface area contributed by atoms with Crippen LogP contribution in [-0.2, 0) is 17.7 Å². The molecular formula is C21H36N6O. The van der Waals surface area contributed by atoms with Crippen molar-refractivity contribution in [3.63, 3.8) is 0 Å². The topological polar surface area (TPSA) is 76.4 Å². The molecule has 1 aliphatic heterocycles. The van der Waals surface area contributed by atoms with Gasteiger partial charge in [-0.3, -0.25) is 4.99 Å². The molecule has 28 heavy (non-hydrogen) atoms. The van der Waals surface area contributed by atoms with Crippen LogP contribution >= 0.6 is 0 Å². The van der Waals surface area contributed by atoms with Crippen molar-refractivity contribution in [3.8, 4) is 0 Å². The van der Waals surface area contributed by atoms with Gasteiger partial charge in [-0.2, -0.15) is 5.10 Å². The zero-order chi connectivity index (χ0) is 19.6. The van der Waals surface area contributed by atoms with E-state index in [1.54, 1.807) is 0 Å². The fourth-order valence-corrected chi connectivity index (χ4v) is 5.47. The molecule has 2 N–H and O–H groups in total. The molecule has 1 aromatic heterocycles. The van der Waals surface area contributed by atoms with Gasteiger partial charge in [0.05, 0.1) is 12.6 Å². The van der Waals surface area contributed by atoms with Crippen LogP contribution in [0.3, 0.4) is 0 Å². The molecule has 0 amide bonds. The van der Waals surface area contributed by atoms with E-state index in [0.29, 0.717) is 23.6 Å². The summed E-state index contributed by atoms with van der Waals surface area (Å²) in [6.45, 7) is 8.64. The Morgan fingerprint density at radius 2 is 2.07 bits per heavy atom. The number of ether oxygens (including phenoxy) is 1. The Hall–Kier alpha value is -1.63. The van der Waals surface area contributed by atoms with Gasteiger partial charge in [0, 0.05) is 37.1 Å². The van der Waals surface area contributed by atoms with Crippen molar-refractivity contribution in [2.75, 3.05) is 13.2 Å². The van der Waals surface area contributed by atoms with Crippen molar-refractivity contribution < 1.29 is 4.74 Å². The molecule has 2 saturated carbocycles. The predicted molar refractivity (Wildman–Crippen MR) is 110 cm³/mol. The number of nitrogens with one attached hydrogen (secondary N) is 2. The number of nitrogens with zero attached hydrogens (tertiary/aromatic N) is 4. The van der Waals surface area contributed by atoms with Gasteiger partial charge in [0.25, 0.3) is 0 Å². The molecule has 0 saturated heterocycles. The number of fused-ring (bicyclic) bond motifs is 1. The second-order valence-electron chi connectivity index (χ2n) is 8.63. The lowest BCUT2D eigenvalue weighted by Gasteiger charge is -2.58. The minimum absolute atomic E-state index is 0.299. The quantitative estimate of drug-likeness (QED) is 0.599. The third kappa shape index (κ3) is 3.78. The second-order valence-corrected chi connectivity index (χ2v) is 8.63. The van der Waals surface area contributed by atoms with Crippen LogP contribution in [0, 0.1) is 12.3 Å². The van der Waals surface area contributed by atoms with E-state index >= 15 is 0 Å². The van der Waals surface area contributed by atoms with Gasteiger partial charge in [-0.05, 0) is 46.5 Å². The lowest BCUT2D eigenvalue weighted by molar-refractivity contribution is -0.145. The van der Waals surface area contributed by atoms with Crippen LogP contribution in [0.25, 0.3) is 0 Å². The second kappa shape index (κ2) is 8.39. The van der Waals surface area contributed by atoms with Crippen molar-refractivity contribution in [3.05, 3.63) is 11.6 Å². The first kappa shape index (κ1) is 19.7. The summed E-state index contributed by atoms with van der Waals surface area (Å²) in [4.78, 5) is 9.28. The Morgan fingerprint density at radius 1 is 1.25 bits per heavy atom. The number of aromatic nitrogens is 3. The standard InChI is InChI=1S/C21H36N6O/c1-4-22-20(24-16-9-10-19-23-15(3)26-27(19)14-16)25-17-13-18(28-5-2)21(17)11-7-6-8-12-21/h16-18H,4-14H2,1-3H3,(H2,22,24,25). The summed E-state index contributed by atoms with van der Waals surface area (Å²) >= 11 is 0. The largest absolute Gasteiger partial charge is 0.378 e. The van der Waals surface area contributed by atoms with Gasteiger partial charge in [0.1, 0.15) is 11.6 Å². The molecule has 0 bridgehead atoms. The minimum atomic E-state index is 0.299. The molecule has 7 heteroatoms. The summed E-state index contributed by atoms with van der Waals surface area (Å²) < 4.78 is 8.17. The van der Waals surface area contributed by atoms with Crippen LogP contribution in [0.5, 0.6) is 0 Å². The third-order valence-corrected chi connectivity index (χ3v) is 6.87. The highest BCUT2D eigenvalue weighted by atomic mass is 16.5. The summed E-state index contributed by atoms with van der Waals surface area (Å²) in [6, 6.07) is 0.811. The predicted octanol–water partition coefficient (Wildman–Crippen LogP) is 2.58. The molecule has 0 radical (unpaired) electrons. The van der Waals surface area contributed by atoms with E-state index in [0.717, 1.165) is 56.6 Å². The Morgan fingerprint density at radius 3 is 2.82 bits per heavy atom. The summed E-state index contributed by atoms with van der Waals surface area (Å²) in [7, 11) is 0. The summed E-state index contributed by atoms with van der Waals surface area (Å²) in [5.74, 6) is 2.93. The first-order chi connectivity index (χ1) is 13.6. The molecule has 3 aliphatic rings. The van der Waals surface area contributed by atoms with Crippen molar-refractivity contribution in [1.29, 1.82) is 0 Å². The molecule has 156 valence electrons. The van der Waals surface area contributed by atoms with Gasteiger partial charge in [0.2, 0.25) is 0 Å². The molecular weight excluding hydrogens is 352 g/mol. The highest BCUT2D eigenvalue weighted by molar-refractivity contribution is 5.80. The normalized spacial score (nSPS) is 29.2. The average Bonchev–Trinajstić information content (AvgIpc) is 3.07. The van der Waals surface area contributed by atoms with E-state index in [9.17, 15) is 0 Å². The van der Waals surface area contributed by atoms with Crippen molar-refractivity contribution in [1.82, 2.24) is 25.4 Å². The van der Waals surface area contributed by atoms with Crippen LogP contribution in [-0.4, -0.2) is 52.1 Å². The number of aliphatic imine (C=N–C) groups is 1. The highest BCUT2D eigenvalue weighted by Crippen LogP contribution is 2.53. The van der Waals surface area contributed by atoms with Gasteiger partial charge in [-0.25, -0.2) is 9.67 Å². The zero-order valence-electron chi connectivity index (χ0n) is 17.7. The van der Waals surface area contributed by atoms with Gasteiger partial charge in [0.15, 0.2) is 5.96 Å². The maximum atomic E-state index is 6.12. The average molecular weight is 389 g/mol. The molecule has 2 heterocycles. The summed E-state index contributed by atoms with van der Waals surface area (Å²) in [5.41, 5.74) is 0.299. The molecule has 3 unspecified atom stereocenters. The molecule has 0 aromatic carbocycles. The number of hydrogen-bond donors (Lipinski definition) is 2. The van der Waals surface area contributed by atoms with E-state index in [1.165, 1.54) is 32.1 Å². The molecule has 2 aliphatic carbocycles. The van der Waals surface area contributed by atoms with Crippen molar-refractivity contribution >= 4 is 5.96 Å². The minimum Gasteiger partial charge on any atom is -0.378 e. The lowest BCUT2D eigenvalue weighted by atomic mass is 9.55. The van der Waals surface area contributed by atoms with E-state index < -0.39 is 0 Å².